The second-order valence-corrected chi connectivity index (χ2v) is 5.93. The van der Waals surface area contributed by atoms with Gasteiger partial charge in [0.2, 0.25) is 5.91 Å². The Balaban J connectivity index is 1.64. The largest absolute Gasteiger partial charge is 0.352 e. The van der Waals surface area contributed by atoms with Crippen LogP contribution in [0.15, 0.2) is 60.9 Å². The SMILES string of the molecule is CCC(=O)NCc1cnn(-c2ccc(C(=O)Nc3ccc(F)cc3)cc2)c1. The molecule has 0 spiro atoms. The third-order valence-electron chi connectivity index (χ3n) is 3.94. The molecular formula is C20H19FN4O2. The molecule has 3 aromatic rings. The number of rotatable bonds is 6. The number of anilines is 1. The summed E-state index contributed by atoms with van der Waals surface area (Å²) in [4.78, 5) is 23.6. The van der Waals surface area contributed by atoms with Crippen LogP contribution in [-0.4, -0.2) is 21.6 Å². The first-order chi connectivity index (χ1) is 13.0. The van der Waals surface area contributed by atoms with E-state index in [0.717, 1.165) is 11.3 Å². The molecule has 2 N–H and O–H groups in total. The van der Waals surface area contributed by atoms with Crippen molar-refractivity contribution in [3.8, 4) is 5.69 Å². The van der Waals surface area contributed by atoms with E-state index in [1.54, 1.807) is 42.1 Å². The van der Waals surface area contributed by atoms with Gasteiger partial charge in [-0.1, -0.05) is 6.92 Å². The van der Waals surface area contributed by atoms with Crippen molar-refractivity contribution in [1.29, 1.82) is 0 Å². The first-order valence-electron chi connectivity index (χ1n) is 8.53. The fourth-order valence-electron chi connectivity index (χ4n) is 2.42. The van der Waals surface area contributed by atoms with Crippen molar-refractivity contribution in [1.82, 2.24) is 15.1 Å². The summed E-state index contributed by atoms with van der Waals surface area (Å²) in [6, 6.07) is 12.5. The number of halogens is 1. The van der Waals surface area contributed by atoms with E-state index >= 15 is 0 Å². The number of carbonyl (C=O) groups is 2. The molecule has 0 aliphatic rings. The Hall–Kier alpha value is -3.48. The van der Waals surface area contributed by atoms with E-state index in [9.17, 15) is 14.0 Å². The van der Waals surface area contributed by atoms with Gasteiger partial charge in [-0.15, -0.1) is 0 Å². The Labute approximate surface area is 156 Å². The normalized spacial score (nSPS) is 10.4. The van der Waals surface area contributed by atoms with Crippen LogP contribution in [0.1, 0.15) is 29.3 Å². The summed E-state index contributed by atoms with van der Waals surface area (Å²) < 4.78 is 14.6. The number of hydrogen-bond acceptors (Lipinski definition) is 3. The van der Waals surface area contributed by atoms with Crippen molar-refractivity contribution in [2.24, 2.45) is 0 Å². The first-order valence-corrected chi connectivity index (χ1v) is 8.53. The molecule has 138 valence electrons. The Kier molecular flexibility index (Phi) is 5.61. The number of aromatic nitrogens is 2. The van der Waals surface area contributed by atoms with Crippen molar-refractivity contribution in [2.75, 3.05) is 5.32 Å². The van der Waals surface area contributed by atoms with E-state index in [4.69, 9.17) is 0 Å². The minimum absolute atomic E-state index is 0.0146. The van der Waals surface area contributed by atoms with Crippen molar-refractivity contribution in [2.45, 2.75) is 19.9 Å². The van der Waals surface area contributed by atoms with Gasteiger partial charge in [0.1, 0.15) is 5.82 Å². The van der Waals surface area contributed by atoms with Crippen molar-refractivity contribution >= 4 is 17.5 Å². The fourth-order valence-corrected chi connectivity index (χ4v) is 2.42. The number of nitrogens with zero attached hydrogens (tertiary/aromatic N) is 2. The molecule has 1 aromatic heterocycles. The molecule has 1 heterocycles. The molecule has 0 aliphatic heterocycles. The van der Waals surface area contributed by atoms with Gasteiger partial charge >= 0.3 is 0 Å². The average Bonchev–Trinajstić information content (AvgIpc) is 3.17. The van der Waals surface area contributed by atoms with Gasteiger partial charge in [0, 0.05) is 36.0 Å². The zero-order valence-electron chi connectivity index (χ0n) is 14.8. The second kappa shape index (κ2) is 8.27. The van der Waals surface area contributed by atoms with Crippen molar-refractivity contribution in [3.05, 3.63) is 77.9 Å². The highest BCUT2D eigenvalue weighted by atomic mass is 19.1. The topological polar surface area (TPSA) is 76.0 Å². The molecule has 0 atom stereocenters. The van der Waals surface area contributed by atoms with Gasteiger partial charge in [-0.2, -0.15) is 5.10 Å². The maximum atomic E-state index is 12.9. The Bertz CT molecular complexity index is 933. The molecule has 7 heteroatoms. The highest BCUT2D eigenvalue weighted by Gasteiger charge is 2.08. The third kappa shape index (κ3) is 4.78. The monoisotopic (exact) mass is 366 g/mol. The lowest BCUT2D eigenvalue weighted by Gasteiger charge is -2.06. The quantitative estimate of drug-likeness (QED) is 0.703. The lowest BCUT2D eigenvalue weighted by molar-refractivity contribution is -0.120. The van der Waals surface area contributed by atoms with Crippen LogP contribution in [0.5, 0.6) is 0 Å². The molecule has 0 unspecified atom stereocenters. The molecule has 6 nitrogen and oxygen atoms in total. The molecule has 0 radical (unpaired) electrons. The van der Waals surface area contributed by atoms with Gasteiger partial charge in [0.05, 0.1) is 11.9 Å². The standard InChI is InChI=1S/C20H19FN4O2/c1-2-19(26)22-11-14-12-23-25(13-14)18-9-3-15(4-10-18)20(27)24-17-7-5-16(21)6-8-17/h3-10,12-13H,2,11H2,1H3,(H,22,26)(H,24,27). The smallest absolute Gasteiger partial charge is 0.255 e. The van der Waals surface area contributed by atoms with Crippen molar-refractivity contribution in [3.63, 3.8) is 0 Å². The first kappa shape index (κ1) is 18.3. The number of benzene rings is 2. The zero-order valence-corrected chi connectivity index (χ0v) is 14.8. The Morgan fingerprint density at radius 1 is 1.07 bits per heavy atom. The second-order valence-electron chi connectivity index (χ2n) is 5.93. The number of carbonyl (C=O) groups excluding carboxylic acids is 2. The minimum atomic E-state index is -0.356. The van der Waals surface area contributed by atoms with E-state index < -0.39 is 0 Å². The van der Waals surface area contributed by atoms with Crippen LogP contribution >= 0.6 is 0 Å². The van der Waals surface area contributed by atoms with Crippen LogP contribution in [0.3, 0.4) is 0 Å². The predicted octanol–water partition coefficient (Wildman–Crippen LogP) is 3.29. The van der Waals surface area contributed by atoms with Crippen LogP contribution in [0, 0.1) is 5.82 Å². The third-order valence-corrected chi connectivity index (χ3v) is 3.94. The summed E-state index contributed by atoms with van der Waals surface area (Å²) in [6.45, 7) is 2.22. The molecule has 2 aromatic carbocycles. The van der Waals surface area contributed by atoms with Gasteiger partial charge in [0.25, 0.3) is 5.91 Å². The number of nitrogens with one attached hydrogen (secondary N) is 2. The molecule has 2 amide bonds. The highest BCUT2D eigenvalue weighted by molar-refractivity contribution is 6.04. The lowest BCUT2D eigenvalue weighted by Crippen LogP contribution is -2.21. The van der Waals surface area contributed by atoms with Gasteiger partial charge in [-0.25, -0.2) is 9.07 Å². The summed E-state index contributed by atoms with van der Waals surface area (Å²) >= 11 is 0. The van der Waals surface area contributed by atoms with E-state index in [2.05, 4.69) is 15.7 Å². The summed E-state index contributed by atoms with van der Waals surface area (Å²) in [5.41, 5.74) is 2.68. The molecule has 0 fully saturated rings. The van der Waals surface area contributed by atoms with Gasteiger partial charge < -0.3 is 10.6 Å². The van der Waals surface area contributed by atoms with Gasteiger partial charge in [-0.05, 0) is 48.5 Å². The van der Waals surface area contributed by atoms with Crippen LogP contribution in [-0.2, 0) is 11.3 Å². The fraction of sp³-hybridized carbons (Fsp3) is 0.150. The number of amides is 2. The van der Waals surface area contributed by atoms with Gasteiger partial charge in [0.15, 0.2) is 0 Å². The molecular weight excluding hydrogens is 347 g/mol. The van der Waals surface area contributed by atoms with Crippen LogP contribution in [0.2, 0.25) is 0 Å². The molecule has 0 aliphatic carbocycles. The van der Waals surface area contributed by atoms with E-state index in [-0.39, 0.29) is 17.6 Å². The average molecular weight is 366 g/mol. The summed E-state index contributed by atoms with van der Waals surface area (Å²) in [6.07, 6.45) is 3.95. The predicted molar refractivity (Wildman–Crippen MR) is 100 cm³/mol. The van der Waals surface area contributed by atoms with E-state index in [1.807, 2.05) is 6.20 Å². The Morgan fingerprint density at radius 3 is 2.44 bits per heavy atom. The van der Waals surface area contributed by atoms with Crippen LogP contribution < -0.4 is 10.6 Å². The molecule has 0 bridgehead atoms. The number of hydrogen-bond donors (Lipinski definition) is 2. The zero-order chi connectivity index (χ0) is 19.2. The van der Waals surface area contributed by atoms with Gasteiger partial charge in [-0.3, -0.25) is 9.59 Å². The summed E-state index contributed by atoms with van der Waals surface area (Å²) in [5.74, 6) is -0.652. The summed E-state index contributed by atoms with van der Waals surface area (Å²) in [5, 5.41) is 9.78. The maximum Gasteiger partial charge on any atom is 0.255 e. The van der Waals surface area contributed by atoms with Crippen molar-refractivity contribution < 1.29 is 14.0 Å². The van der Waals surface area contributed by atoms with E-state index in [1.165, 1.54) is 24.3 Å². The molecule has 0 saturated carbocycles. The molecule has 0 saturated heterocycles. The maximum absolute atomic E-state index is 12.9. The van der Waals surface area contributed by atoms with E-state index in [0.29, 0.717) is 24.2 Å². The minimum Gasteiger partial charge on any atom is -0.352 e. The molecule has 3 rings (SSSR count). The summed E-state index contributed by atoms with van der Waals surface area (Å²) in [7, 11) is 0. The molecule has 27 heavy (non-hydrogen) atoms. The Morgan fingerprint density at radius 2 is 1.78 bits per heavy atom. The van der Waals surface area contributed by atoms with Crippen LogP contribution in [0.25, 0.3) is 5.69 Å². The highest BCUT2D eigenvalue weighted by Crippen LogP contribution is 2.13. The lowest BCUT2D eigenvalue weighted by atomic mass is 10.2. The van der Waals surface area contributed by atoms with Crippen LogP contribution in [0.4, 0.5) is 10.1 Å².